The maximum Gasteiger partial charge on any atom is 0.417 e. The third kappa shape index (κ3) is 5.98. The van der Waals surface area contributed by atoms with Crippen molar-refractivity contribution in [2.45, 2.75) is 11.3 Å². The van der Waals surface area contributed by atoms with E-state index in [1.807, 2.05) is 0 Å². The number of aryl methyl sites for hydroxylation is 1. The molecule has 1 aromatic heterocycles. The number of hydrogen-bond acceptors (Lipinski definition) is 5. The van der Waals surface area contributed by atoms with Gasteiger partial charge in [0.1, 0.15) is 6.33 Å². The van der Waals surface area contributed by atoms with Crippen LogP contribution in [0.2, 0.25) is 5.02 Å². The smallest absolute Gasteiger partial charge is 0.325 e. The van der Waals surface area contributed by atoms with Gasteiger partial charge >= 0.3 is 6.18 Å². The van der Waals surface area contributed by atoms with E-state index in [4.69, 9.17) is 11.6 Å². The van der Waals surface area contributed by atoms with Crippen molar-refractivity contribution in [2.24, 2.45) is 7.05 Å². The lowest BCUT2D eigenvalue weighted by Gasteiger charge is -2.12. The van der Waals surface area contributed by atoms with Crippen molar-refractivity contribution in [1.82, 2.24) is 14.8 Å². The maximum atomic E-state index is 13.0. The number of thioether (sulfide) groups is 1. The summed E-state index contributed by atoms with van der Waals surface area (Å²) in [4.78, 5) is 24.4. The van der Waals surface area contributed by atoms with Gasteiger partial charge in [-0.05, 0) is 42.5 Å². The predicted octanol–water partition coefficient (Wildman–Crippen LogP) is 4.47. The highest BCUT2D eigenvalue weighted by Gasteiger charge is 2.33. The zero-order valence-corrected chi connectivity index (χ0v) is 17.5. The normalized spacial score (nSPS) is 11.3. The largest absolute Gasteiger partial charge is 0.417 e. The third-order valence-electron chi connectivity index (χ3n) is 3.96. The molecule has 7 nitrogen and oxygen atoms in total. The van der Waals surface area contributed by atoms with E-state index >= 15 is 0 Å². The molecule has 0 bridgehead atoms. The van der Waals surface area contributed by atoms with E-state index in [1.165, 1.54) is 48.4 Å². The molecule has 0 aliphatic rings. The highest BCUT2D eigenvalue weighted by molar-refractivity contribution is 7.99. The van der Waals surface area contributed by atoms with E-state index in [-0.39, 0.29) is 22.9 Å². The average Bonchev–Trinajstić information content (AvgIpc) is 3.12. The molecule has 2 amide bonds. The lowest BCUT2D eigenvalue weighted by molar-refractivity contribution is -0.137. The highest BCUT2D eigenvalue weighted by atomic mass is 35.5. The summed E-state index contributed by atoms with van der Waals surface area (Å²) in [6.07, 6.45) is -3.11. The predicted molar refractivity (Wildman–Crippen MR) is 111 cm³/mol. The number of hydrogen-bond donors (Lipinski definition) is 2. The summed E-state index contributed by atoms with van der Waals surface area (Å²) in [7, 11) is 1.76. The summed E-state index contributed by atoms with van der Waals surface area (Å²) in [6, 6.07) is 9.04. The Balaban J connectivity index is 1.59. The minimum Gasteiger partial charge on any atom is -0.325 e. The van der Waals surface area contributed by atoms with Crippen LogP contribution < -0.4 is 10.6 Å². The minimum absolute atomic E-state index is 0.0418. The molecule has 3 aromatic rings. The summed E-state index contributed by atoms with van der Waals surface area (Å²) in [6.45, 7) is 0. The molecule has 0 radical (unpaired) electrons. The van der Waals surface area contributed by atoms with Crippen LogP contribution in [0, 0.1) is 0 Å². The lowest BCUT2D eigenvalue weighted by atomic mass is 10.1. The number of benzene rings is 2. The Morgan fingerprint density at radius 1 is 1.10 bits per heavy atom. The first-order valence-electron chi connectivity index (χ1n) is 8.68. The van der Waals surface area contributed by atoms with E-state index in [9.17, 15) is 22.8 Å². The highest BCUT2D eigenvalue weighted by Crippen LogP contribution is 2.36. The van der Waals surface area contributed by atoms with Crippen molar-refractivity contribution in [3.8, 4) is 0 Å². The van der Waals surface area contributed by atoms with Crippen LogP contribution >= 0.6 is 23.4 Å². The summed E-state index contributed by atoms with van der Waals surface area (Å²) in [5, 5.41) is 12.8. The van der Waals surface area contributed by atoms with Gasteiger partial charge in [0, 0.05) is 24.0 Å². The van der Waals surface area contributed by atoms with Gasteiger partial charge in [-0.25, -0.2) is 0 Å². The van der Waals surface area contributed by atoms with Crippen LogP contribution in [0.4, 0.5) is 24.5 Å². The second-order valence-electron chi connectivity index (χ2n) is 6.29. The molecule has 2 N–H and O–H groups in total. The SMILES string of the molecule is Cn1cnnc1SCC(=O)Nc1ccc(C(=O)Nc2ccc(Cl)c(C(F)(F)F)c2)cc1. The van der Waals surface area contributed by atoms with Crippen molar-refractivity contribution < 1.29 is 22.8 Å². The van der Waals surface area contributed by atoms with Gasteiger partial charge in [-0.1, -0.05) is 23.4 Å². The Kier molecular flexibility index (Phi) is 6.86. The number of alkyl halides is 3. The van der Waals surface area contributed by atoms with Crippen LogP contribution in [0.15, 0.2) is 53.9 Å². The van der Waals surface area contributed by atoms with Crippen molar-refractivity contribution in [1.29, 1.82) is 0 Å². The lowest BCUT2D eigenvalue weighted by Crippen LogP contribution is -2.15. The molecule has 0 saturated heterocycles. The van der Waals surface area contributed by atoms with E-state index in [0.717, 1.165) is 12.1 Å². The molecule has 162 valence electrons. The van der Waals surface area contributed by atoms with Gasteiger partial charge in [-0.3, -0.25) is 9.59 Å². The van der Waals surface area contributed by atoms with Gasteiger partial charge in [-0.2, -0.15) is 13.2 Å². The number of anilines is 2. The number of nitrogens with zero attached hydrogens (tertiary/aromatic N) is 3. The van der Waals surface area contributed by atoms with Gasteiger partial charge < -0.3 is 15.2 Å². The molecule has 2 aromatic carbocycles. The van der Waals surface area contributed by atoms with Gasteiger partial charge in [-0.15, -0.1) is 10.2 Å². The monoisotopic (exact) mass is 469 g/mol. The molecule has 0 spiro atoms. The number of halogens is 4. The van der Waals surface area contributed by atoms with Crippen LogP contribution in [0.5, 0.6) is 0 Å². The quantitative estimate of drug-likeness (QED) is 0.520. The Bertz CT molecular complexity index is 1100. The fraction of sp³-hybridized carbons (Fsp3) is 0.158. The molecule has 3 rings (SSSR count). The van der Waals surface area contributed by atoms with Crippen LogP contribution in [0.25, 0.3) is 0 Å². The first kappa shape index (κ1) is 22.6. The van der Waals surface area contributed by atoms with Gasteiger partial charge in [0.2, 0.25) is 5.91 Å². The summed E-state index contributed by atoms with van der Waals surface area (Å²) < 4.78 is 40.5. The van der Waals surface area contributed by atoms with Gasteiger partial charge in [0.15, 0.2) is 5.16 Å². The number of nitrogens with one attached hydrogen (secondary N) is 2. The number of carbonyl (C=O) groups excluding carboxylic acids is 2. The Morgan fingerprint density at radius 3 is 2.39 bits per heavy atom. The van der Waals surface area contributed by atoms with Crippen LogP contribution in [-0.4, -0.2) is 32.3 Å². The molecule has 0 atom stereocenters. The van der Waals surface area contributed by atoms with Crippen molar-refractivity contribution in [3.05, 3.63) is 64.9 Å². The molecule has 0 unspecified atom stereocenters. The summed E-state index contributed by atoms with van der Waals surface area (Å²) >= 11 is 6.79. The summed E-state index contributed by atoms with van der Waals surface area (Å²) in [5.74, 6) is -0.760. The molecule has 0 aliphatic heterocycles. The zero-order valence-electron chi connectivity index (χ0n) is 15.9. The number of rotatable bonds is 6. The molecule has 0 fully saturated rings. The van der Waals surface area contributed by atoms with Crippen molar-refractivity contribution >= 4 is 46.6 Å². The first-order chi connectivity index (χ1) is 14.6. The molecule has 31 heavy (non-hydrogen) atoms. The molecule has 0 saturated carbocycles. The first-order valence-corrected chi connectivity index (χ1v) is 10.0. The number of aromatic nitrogens is 3. The van der Waals surface area contributed by atoms with E-state index in [2.05, 4.69) is 20.8 Å². The molecule has 0 aliphatic carbocycles. The Hall–Kier alpha value is -3.05. The Labute approximate surface area is 184 Å². The van der Waals surface area contributed by atoms with E-state index in [0.29, 0.717) is 10.8 Å². The van der Waals surface area contributed by atoms with Crippen LogP contribution in [0.1, 0.15) is 15.9 Å². The number of carbonyl (C=O) groups is 2. The average molecular weight is 470 g/mol. The third-order valence-corrected chi connectivity index (χ3v) is 5.33. The maximum absolute atomic E-state index is 13.0. The molecular formula is C19H15ClF3N5O2S. The minimum atomic E-state index is -4.64. The van der Waals surface area contributed by atoms with Crippen molar-refractivity contribution in [2.75, 3.05) is 16.4 Å². The zero-order chi connectivity index (χ0) is 22.6. The fourth-order valence-corrected chi connectivity index (χ4v) is 3.37. The summed E-state index contributed by atoms with van der Waals surface area (Å²) in [5.41, 5.74) is -0.412. The van der Waals surface area contributed by atoms with E-state index in [1.54, 1.807) is 11.6 Å². The van der Waals surface area contributed by atoms with E-state index < -0.39 is 22.7 Å². The molecule has 12 heteroatoms. The number of amides is 2. The van der Waals surface area contributed by atoms with Gasteiger partial charge in [0.05, 0.1) is 16.3 Å². The topological polar surface area (TPSA) is 88.9 Å². The second-order valence-corrected chi connectivity index (χ2v) is 7.63. The molecular weight excluding hydrogens is 455 g/mol. The van der Waals surface area contributed by atoms with Crippen LogP contribution in [-0.2, 0) is 18.0 Å². The standard InChI is InChI=1S/C19H15ClF3N5O2S/c1-28-10-24-27-18(28)31-9-16(29)25-12-4-2-11(3-5-12)17(30)26-13-6-7-15(20)14(8-13)19(21,22)23/h2-8,10H,9H2,1H3,(H,25,29)(H,26,30). The van der Waals surface area contributed by atoms with Gasteiger partial charge in [0.25, 0.3) is 5.91 Å². The van der Waals surface area contributed by atoms with Crippen LogP contribution in [0.3, 0.4) is 0 Å². The fourth-order valence-electron chi connectivity index (χ4n) is 2.46. The van der Waals surface area contributed by atoms with Crippen molar-refractivity contribution in [3.63, 3.8) is 0 Å². The molecule has 1 heterocycles. The Morgan fingerprint density at radius 2 is 1.77 bits per heavy atom. The second kappa shape index (κ2) is 9.40.